The Balaban J connectivity index is 0.000000209. The first-order valence-electron chi connectivity index (χ1n) is 21.4. The SMILES string of the molecule is CC.Cc1c(C)c(C)c2c(c1C)c1c(C)c(C)c(C)c(C)c1n2C.[C-]#[N+]c1ccc(-n2c3c(C)c(C)c(C)c(C)c3c3c(C)c(C)c(C)c(C)c32)c(-c2ccccc2)c1. The fraction of sp³-hybridized carbons (Fsp3) is 0.339. The van der Waals surface area contributed by atoms with Crippen molar-refractivity contribution >= 4 is 49.3 Å². The summed E-state index contributed by atoms with van der Waals surface area (Å²) in [7, 11) is 2.23. The van der Waals surface area contributed by atoms with Crippen molar-refractivity contribution in [1.29, 1.82) is 0 Å². The minimum absolute atomic E-state index is 0.660. The number of hydrogen-bond donors (Lipinski definition) is 0. The Hall–Kier alpha value is -5.59. The molecule has 0 atom stereocenters. The van der Waals surface area contributed by atoms with Crippen molar-refractivity contribution in [2.45, 2.75) is 125 Å². The Bertz CT molecular complexity index is 2910. The Morgan fingerprint density at radius 2 is 0.712 bits per heavy atom. The van der Waals surface area contributed by atoms with Gasteiger partial charge in [-0.25, -0.2) is 4.85 Å². The lowest BCUT2D eigenvalue weighted by molar-refractivity contribution is 0.994. The number of aryl methyl sites for hydroxylation is 9. The number of hydrogen-bond acceptors (Lipinski definition) is 0. The molecule has 6 aromatic carbocycles. The average Bonchev–Trinajstić information content (AvgIpc) is 3.77. The van der Waals surface area contributed by atoms with E-state index in [0.29, 0.717) is 5.69 Å². The van der Waals surface area contributed by atoms with E-state index in [0.717, 1.165) is 16.8 Å². The number of nitrogens with zero attached hydrogens (tertiary/aromatic N) is 3. The van der Waals surface area contributed by atoms with Crippen molar-refractivity contribution < 1.29 is 0 Å². The van der Waals surface area contributed by atoms with Crippen LogP contribution in [0.5, 0.6) is 0 Å². The number of aromatic nitrogens is 2. The molecule has 0 saturated carbocycles. The van der Waals surface area contributed by atoms with Crippen LogP contribution in [0.1, 0.15) is 103 Å². The summed E-state index contributed by atoms with van der Waals surface area (Å²) in [6.07, 6.45) is 0. The molecule has 2 aromatic heterocycles. The van der Waals surface area contributed by atoms with E-state index in [1.165, 1.54) is 133 Å². The maximum absolute atomic E-state index is 7.66. The van der Waals surface area contributed by atoms with E-state index in [1.54, 1.807) is 0 Å². The summed E-state index contributed by atoms with van der Waals surface area (Å²) >= 11 is 0. The summed E-state index contributed by atoms with van der Waals surface area (Å²) in [5, 5.41) is 5.64. The topological polar surface area (TPSA) is 14.2 Å². The summed E-state index contributed by atoms with van der Waals surface area (Å²) in [6, 6.07) is 16.6. The first kappa shape index (κ1) is 43.0. The maximum Gasteiger partial charge on any atom is 0.188 e. The van der Waals surface area contributed by atoms with Crippen LogP contribution in [-0.2, 0) is 7.05 Å². The van der Waals surface area contributed by atoms with Gasteiger partial charge in [-0.05, 0) is 223 Å². The highest BCUT2D eigenvalue weighted by atomic mass is 15.0. The van der Waals surface area contributed by atoms with Gasteiger partial charge in [-0.1, -0.05) is 50.2 Å². The van der Waals surface area contributed by atoms with Crippen molar-refractivity contribution in [3.8, 4) is 16.8 Å². The second kappa shape index (κ2) is 15.9. The molecule has 0 amide bonds. The minimum Gasteiger partial charge on any atom is -0.343 e. The second-order valence-corrected chi connectivity index (χ2v) is 17.0. The van der Waals surface area contributed by atoms with E-state index in [1.807, 2.05) is 32.0 Å². The standard InChI is InChI=1S/C33H32N2.C21H27N.C2H6/c1-18-20(3)24(7)32-30(22(18)5)31-23(6)19(2)21(4)25(8)33(31)35(32)29-16-15-27(34-9)17-28(29)26-13-11-10-12-14-26;1-10-12(3)16(7)20-18(14(10)5)19-15(6)11(2)13(4)17(8)21(19)22(20)9;1-2/h10-17H,1-8H3;1-9H3;1-2H3. The minimum atomic E-state index is 0.660. The highest BCUT2D eigenvalue weighted by Gasteiger charge is 2.26. The Morgan fingerprint density at radius 1 is 0.390 bits per heavy atom. The molecule has 8 aromatic rings. The Labute approximate surface area is 354 Å². The lowest BCUT2D eigenvalue weighted by Crippen LogP contribution is -2.02. The summed E-state index contributed by atoms with van der Waals surface area (Å²) in [5.41, 5.74) is 31.6. The highest BCUT2D eigenvalue weighted by Crippen LogP contribution is 2.46. The van der Waals surface area contributed by atoms with Crippen LogP contribution in [0.25, 0.3) is 65.3 Å². The molecule has 304 valence electrons. The molecule has 0 aliphatic carbocycles. The fourth-order valence-corrected chi connectivity index (χ4v) is 9.89. The van der Waals surface area contributed by atoms with Crippen molar-refractivity contribution in [2.75, 3.05) is 0 Å². The number of fused-ring (bicyclic) bond motifs is 6. The summed E-state index contributed by atoms with van der Waals surface area (Å²) < 4.78 is 4.92. The molecule has 0 unspecified atom stereocenters. The van der Waals surface area contributed by atoms with Crippen LogP contribution in [-0.4, -0.2) is 9.13 Å². The lowest BCUT2D eigenvalue weighted by atomic mass is 9.90. The van der Waals surface area contributed by atoms with Crippen LogP contribution in [0, 0.1) is 117 Å². The maximum atomic E-state index is 7.66. The van der Waals surface area contributed by atoms with E-state index in [4.69, 9.17) is 6.57 Å². The van der Waals surface area contributed by atoms with Gasteiger partial charge in [-0.15, -0.1) is 0 Å². The van der Waals surface area contributed by atoms with Crippen molar-refractivity contribution in [2.24, 2.45) is 7.05 Å². The van der Waals surface area contributed by atoms with Crippen LogP contribution in [0.2, 0.25) is 0 Å². The van der Waals surface area contributed by atoms with E-state index >= 15 is 0 Å². The second-order valence-electron chi connectivity index (χ2n) is 17.0. The molecule has 0 spiro atoms. The molecule has 2 heterocycles. The van der Waals surface area contributed by atoms with E-state index in [-0.39, 0.29) is 0 Å². The Morgan fingerprint density at radius 3 is 1.07 bits per heavy atom. The van der Waals surface area contributed by atoms with E-state index in [9.17, 15) is 0 Å². The third-order valence-electron chi connectivity index (χ3n) is 14.7. The highest BCUT2D eigenvalue weighted by molar-refractivity contribution is 6.16. The quantitative estimate of drug-likeness (QED) is 0.155. The van der Waals surface area contributed by atoms with Crippen LogP contribution >= 0.6 is 0 Å². The molecular weight excluding hydrogens is 715 g/mol. The summed E-state index contributed by atoms with van der Waals surface area (Å²) in [6.45, 7) is 47.9. The number of rotatable bonds is 2. The molecule has 0 N–H and O–H groups in total. The van der Waals surface area contributed by atoms with Gasteiger partial charge in [0.2, 0.25) is 0 Å². The van der Waals surface area contributed by atoms with Gasteiger partial charge in [0.05, 0.1) is 34.3 Å². The van der Waals surface area contributed by atoms with Gasteiger partial charge >= 0.3 is 0 Å². The molecular formula is C56H65N3. The molecule has 3 nitrogen and oxygen atoms in total. The van der Waals surface area contributed by atoms with Gasteiger partial charge < -0.3 is 9.13 Å². The van der Waals surface area contributed by atoms with Crippen LogP contribution in [0.4, 0.5) is 5.69 Å². The summed E-state index contributed by atoms with van der Waals surface area (Å²) in [4.78, 5) is 3.76. The fourth-order valence-electron chi connectivity index (χ4n) is 9.89. The van der Waals surface area contributed by atoms with Gasteiger partial charge in [0, 0.05) is 28.6 Å². The molecule has 0 fully saturated rings. The normalized spacial score (nSPS) is 11.3. The molecule has 0 saturated heterocycles. The van der Waals surface area contributed by atoms with Crippen molar-refractivity contribution in [1.82, 2.24) is 9.13 Å². The van der Waals surface area contributed by atoms with Crippen molar-refractivity contribution in [3.63, 3.8) is 0 Å². The first-order valence-corrected chi connectivity index (χ1v) is 21.4. The van der Waals surface area contributed by atoms with Gasteiger partial charge in [0.1, 0.15) is 0 Å². The van der Waals surface area contributed by atoms with Crippen LogP contribution < -0.4 is 0 Å². The largest absolute Gasteiger partial charge is 0.343 e. The molecule has 8 rings (SSSR count). The average molecular weight is 780 g/mol. The van der Waals surface area contributed by atoms with Gasteiger partial charge in [0.25, 0.3) is 0 Å². The Kier molecular flexibility index (Phi) is 11.6. The van der Waals surface area contributed by atoms with Gasteiger partial charge in [-0.3, -0.25) is 0 Å². The zero-order chi connectivity index (χ0) is 43.7. The van der Waals surface area contributed by atoms with Gasteiger partial charge in [0.15, 0.2) is 5.69 Å². The first-order chi connectivity index (χ1) is 27.9. The van der Waals surface area contributed by atoms with Crippen LogP contribution in [0.15, 0.2) is 48.5 Å². The molecule has 3 heteroatoms. The molecule has 0 radical (unpaired) electrons. The van der Waals surface area contributed by atoms with Gasteiger partial charge in [-0.2, -0.15) is 0 Å². The third-order valence-corrected chi connectivity index (χ3v) is 14.7. The lowest BCUT2D eigenvalue weighted by Gasteiger charge is -2.19. The molecule has 0 bridgehead atoms. The number of benzene rings is 6. The van der Waals surface area contributed by atoms with Crippen molar-refractivity contribution in [3.05, 3.63) is 149 Å². The molecule has 0 aliphatic rings. The third kappa shape index (κ3) is 6.30. The predicted octanol–water partition coefficient (Wildman–Crippen LogP) is 16.3. The van der Waals surface area contributed by atoms with E-state index < -0.39 is 0 Å². The van der Waals surface area contributed by atoms with E-state index in [2.05, 4.69) is 162 Å². The zero-order valence-corrected chi connectivity index (χ0v) is 39.5. The monoisotopic (exact) mass is 780 g/mol. The smallest absolute Gasteiger partial charge is 0.188 e. The summed E-state index contributed by atoms with van der Waals surface area (Å²) in [5.74, 6) is 0. The predicted molar refractivity (Wildman–Crippen MR) is 260 cm³/mol. The zero-order valence-electron chi connectivity index (χ0n) is 39.5. The van der Waals surface area contributed by atoms with Crippen LogP contribution in [0.3, 0.4) is 0 Å². The molecule has 59 heavy (non-hydrogen) atoms. The molecule has 0 aliphatic heterocycles.